The van der Waals surface area contributed by atoms with E-state index in [1.807, 2.05) is 25.3 Å². The summed E-state index contributed by atoms with van der Waals surface area (Å²) in [6, 6.07) is 8.92. The molecule has 0 aliphatic heterocycles. The molecule has 0 aliphatic rings. The van der Waals surface area contributed by atoms with Gasteiger partial charge in [0.05, 0.1) is 11.1 Å². The van der Waals surface area contributed by atoms with Crippen molar-refractivity contribution in [3.63, 3.8) is 0 Å². The van der Waals surface area contributed by atoms with Gasteiger partial charge in [-0.1, -0.05) is 31.5 Å². The highest BCUT2D eigenvalue weighted by molar-refractivity contribution is 7.14. The molecule has 1 aromatic carbocycles. The zero-order valence-electron chi connectivity index (χ0n) is 17.7. The topological polar surface area (TPSA) is 105 Å². The van der Waals surface area contributed by atoms with Crippen molar-refractivity contribution in [3.05, 3.63) is 63.1 Å². The van der Waals surface area contributed by atoms with E-state index in [1.54, 1.807) is 40.3 Å². The molecule has 0 bridgehead atoms. The second kappa shape index (κ2) is 8.73. The molecule has 0 aliphatic carbocycles. The maximum absolute atomic E-state index is 13.0. The van der Waals surface area contributed by atoms with Gasteiger partial charge in [-0.15, -0.1) is 11.3 Å². The summed E-state index contributed by atoms with van der Waals surface area (Å²) in [5.41, 5.74) is 6.29. The van der Waals surface area contributed by atoms with Gasteiger partial charge >= 0.3 is 0 Å². The van der Waals surface area contributed by atoms with Gasteiger partial charge in [0.25, 0.3) is 11.5 Å². The molecule has 0 atom stereocenters. The van der Waals surface area contributed by atoms with E-state index in [9.17, 15) is 9.59 Å². The molecular weight excluding hydrogens is 412 g/mol. The highest BCUT2D eigenvalue weighted by Gasteiger charge is 2.18. The Morgan fingerprint density at radius 3 is 2.77 bits per heavy atom. The van der Waals surface area contributed by atoms with Crippen molar-refractivity contribution in [1.29, 1.82) is 0 Å². The van der Waals surface area contributed by atoms with Crippen LogP contribution in [-0.4, -0.2) is 32.3 Å². The standard InChI is InChI=1S/C22H24N6O2S/c1-4-5-10-23-22-24-18(12-31-22)17-11-13(2)28(14(17)3)27-21(30)19-15-8-6-7-9-16(15)20(29)26-25-19/h6-9,11-12H,4-5,10H2,1-3H3,(H,23,24)(H,26,29)(H,27,30). The van der Waals surface area contributed by atoms with E-state index in [1.165, 1.54) is 0 Å². The maximum atomic E-state index is 13.0. The summed E-state index contributed by atoms with van der Waals surface area (Å²) in [5, 5.41) is 13.6. The van der Waals surface area contributed by atoms with Gasteiger partial charge in [-0.2, -0.15) is 5.10 Å². The highest BCUT2D eigenvalue weighted by Crippen LogP contribution is 2.29. The van der Waals surface area contributed by atoms with Crippen LogP contribution in [-0.2, 0) is 0 Å². The average Bonchev–Trinajstić information content (AvgIpc) is 3.34. The van der Waals surface area contributed by atoms with Gasteiger partial charge < -0.3 is 5.32 Å². The number of fused-ring (bicyclic) bond motifs is 1. The molecule has 1 amide bonds. The number of aryl methyl sites for hydroxylation is 1. The Bertz CT molecular complexity index is 1300. The van der Waals surface area contributed by atoms with Crippen molar-refractivity contribution < 1.29 is 4.79 Å². The smallest absolute Gasteiger partial charge is 0.291 e. The predicted molar refractivity (Wildman–Crippen MR) is 124 cm³/mol. The third-order valence-corrected chi connectivity index (χ3v) is 5.94. The normalized spacial score (nSPS) is 11.1. The van der Waals surface area contributed by atoms with E-state index in [4.69, 9.17) is 0 Å². The molecule has 0 radical (unpaired) electrons. The quantitative estimate of drug-likeness (QED) is 0.379. The summed E-state index contributed by atoms with van der Waals surface area (Å²) in [5.74, 6) is -0.402. The van der Waals surface area contributed by atoms with Crippen molar-refractivity contribution in [1.82, 2.24) is 19.9 Å². The van der Waals surface area contributed by atoms with Crippen LogP contribution in [0.3, 0.4) is 0 Å². The van der Waals surface area contributed by atoms with Crippen molar-refractivity contribution in [2.45, 2.75) is 33.6 Å². The van der Waals surface area contributed by atoms with E-state index in [-0.39, 0.29) is 11.3 Å². The minimum absolute atomic E-state index is 0.167. The summed E-state index contributed by atoms with van der Waals surface area (Å²) < 4.78 is 1.72. The Kier molecular flexibility index (Phi) is 5.85. The van der Waals surface area contributed by atoms with E-state index < -0.39 is 5.91 Å². The number of carbonyl (C=O) groups excluding carboxylic acids is 1. The molecule has 0 saturated heterocycles. The zero-order chi connectivity index (χ0) is 22.0. The number of nitrogens with zero attached hydrogens (tertiary/aromatic N) is 3. The minimum atomic E-state index is -0.402. The van der Waals surface area contributed by atoms with Crippen LogP contribution in [0.1, 0.15) is 41.6 Å². The Morgan fingerprint density at radius 1 is 1.23 bits per heavy atom. The van der Waals surface area contributed by atoms with Crippen molar-refractivity contribution in [2.24, 2.45) is 0 Å². The maximum Gasteiger partial charge on any atom is 0.291 e. The van der Waals surface area contributed by atoms with E-state index in [2.05, 4.69) is 32.8 Å². The molecule has 3 N–H and O–H groups in total. The number of nitrogens with one attached hydrogen (secondary N) is 3. The van der Waals surface area contributed by atoms with Gasteiger partial charge in [-0.25, -0.2) is 10.1 Å². The molecule has 0 unspecified atom stereocenters. The van der Waals surface area contributed by atoms with Crippen LogP contribution in [0.4, 0.5) is 5.13 Å². The van der Waals surface area contributed by atoms with Gasteiger partial charge in [0.2, 0.25) is 0 Å². The highest BCUT2D eigenvalue weighted by atomic mass is 32.1. The summed E-state index contributed by atoms with van der Waals surface area (Å²) in [6.45, 7) is 6.91. The molecular formula is C22H24N6O2S. The SMILES string of the molecule is CCCCNc1nc(-c2cc(C)n(NC(=O)c3n[nH]c(=O)c4ccccc34)c2C)cs1. The number of thiazole rings is 1. The van der Waals surface area contributed by atoms with Crippen molar-refractivity contribution >= 4 is 33.1 Å². The third kappa shape index (κ3) is 4.09. The number of amides is 1. The molecule has 31 heavy (non-hydrogen) atoms. The van der Waals surface area contributed by atoms with Gasteiger partial charge in [0, 0.05) is 34.3 Å². The van der Waals surface area contributed by atoms with Crippen LogP contribution in [0, 0.1) is 13.8 Å². The minimum Gasteiger partial charge on any atom is -0.362 e. The van der Waals surface area contributed by atoms with Crippen LogP contribution < -0.4 is 16.3 Å². The largest absolute Gasteiger partial charge is 0.362 e. The number of aromatic amines is 1. The molecule has 0 saturated carbocycles. The fraction of sp³-hybridized carbons (Fsp3) is 0.273. The number of unbranched alkanes of at least 4 members (excludes halogenated alkanes) is 1. The number of aromatic nitrogens is 4. The number of H-pyrrole nitrogens is 1. The van der Waals surface area contributed by atoms with Gasteiger partial charge in [0.1, 0.15) is 0 Å². The monoisotopic (exact) mass is 436 g/mol. The van der Waals surface area contributed by atoms with Crippen LogP contribution in [0.5, 0.6) is 0 Å². The van der Waals surface area contributed by atoms with Crippen LogP contribution >= 0.6 is 11.3 Å². The van der Waals surface area contributed by atoms with Gasteiger partial charge in [0.15, 0.2) is 10.8 Å². The number of carbonyl (C=O) groups is 1. The number of rotatable bonds is 7. The Hall–Kier alpha value is -3.46. The van der Waals surface area contributed by atoms with E-state index in [0.29, 0.717) is 10.8 Å². The first-order valence-electron chi connectivity index (χ1n) is 10.2. The molecule has 160 valence electrons. The molecule has 4 rings (SSSR count). The summed E-state index contributed by atoms with van der Waals surface area (Å²) in [4.78, 5) is 29.7. The van der Waals surface area contributed by atoms with E-state index in [0.717, 1.165) is 47.2 Å². The first kappa shape index (κ1) is 20.8. The summed E-state index contributed by atoms with van der Waals surface area (Å²) in [6.07, 6.45) is 2.23. The zero-order valence-corrected chi connectivity index (χ0v) is 18.5. The lowest BCUT2D eigenvalue weighted by Crippen LogP contribution is -2.27. The Labute approximate surface area is 183 Å². The van der Waals surface area contributed by atoms with Gasteiger partial charge in [-0.05, 0) is 32.4 Å². The summed E-state index contributed by atoms with van der Waals surface area (Å²) in [7, 11) is 0. The average molecular weight is 437 g/mol. The molecule has 4 aromatic rings. The second-order valence-corrected chi connectivity index (χ2v) is 8.18. The number of anilines is 1. The number of hydrogen-bond acceptors (Lipinski definition) is 6. The van der Waals surface area contributed by atoms with Crippen LogP contribution in [0.2, 0.25) is 0 Å². The predicted octanol–water partition coefficient (Wildman–Crippen LogP) is 4.06. The molecule has 0 fully saturated rings. The number of hydrogen-bond donors (Lipinski definition) is 3. The first-order valence-corrected chi connectivity index (χ1v) is 11.0. The number of benzene rings is 1. The third-order valence-electron chi connectivity index (χ3n) is 5.14. The molecule has 0 spiro atoms. The fourth-order valence-corrected chi connectivity index (χ4v) is 4.23. The first-order chi connectivity index (χ1) is 15.0. The molecule has 3 aromatic heterocycles. The van der Waals surface area contributed by atoms with Crippen molar-refractivity contribution in [2.75, 3.05) is 17.3 Å². The lowest BCUT2D eigenvalue weighted by molar-refractivity contribution is 0.100. The van der Waals surface area contributed by atoms with Crippen molar-refractivity contribution in [3.8, 4) is 11.3 Å². The molecule has 3 heterocycles. The second-order valence-electron chi connectivity index (χ2n) is 7.33. The van der Waals surface area contributed by atoms with Gasteiger partial charge in [-0.3, -0.25) is 19.7 Å². The fourth-order valence-electron chi connectivity index (χ4n) is 3.49. The van der Waals surface area contributed by atoms with Crippen LogP contribution in [0.25, 0.3) is 22.0 Å². The lowest BCUT2D eigenvalue weighted by atomic mass is 10.1. The molecule has 9 heteroatoms. The summed E-state index contributed by atoms with van der Waals surface area (Å²) >= 11 is 1.57. The Balaban J connectivity index is 1.61. The van der Waals surface area contributed by atoms with Crippen LogP contribution in [0.15, 0.2) is 40.5 Å². The molecule has 8 nitrogen and oxygen atoms in total. The Morgan fingerprint density at radius 2 is 2.00 bits per heavy atom. The van der Waals surface area contributed by atoms with E-state index >= 15 is 0 Å². The lowest BCUT2D eigenvalue weighted by Gasteiger charge is -2.12.